The van der Waals surface area contributed by atoms with Crippen LogP contribution < -0.4 is 11.2 Å². The summed E-state index contributed by atoms with van der Waals surface area (Å²) in [7, 11) is 1.50. The highest BCUT2D eigenvalue weighted by molar-refractivity contribution is 5.98. The highest BCUT2D eigenvalue weighted by Crippen LogP contribution is 2.25. The summed E-state index contributed by atoms with van der Waals surface area (Å²) < 4.78 is 31.7. The lowest BCUT2D eigenvalue weighted by atomic mass is 9.99. The molecule has 0 unspecified atom stereocenters. The number of benzene rings is 3. The Hall–Kier alpha value is -5.18. The van der Waals surface area contributed by atoms with Crippen molar-refractivity contribution in [3.05, 3.63) is 89.5 Å². The van der Waals surface area contributed by atoms with Crippen LogP contribution >= 0.6 is 0 Å². The molecule has 0 aromatic heterocycles. The van der Waals surface area contributed by atoms with E-state index in [1.807, 2.05) is 66.7 Å². The first-order chi connectivity index (χ1) is 19.4. The van der Waals surface area contributed by atoms with Crippen LogP contribution in [-0.2, 0) is 20.8 Å². The average molecular weight is 568 g/mol. The number of amides is 2. The minimum Gasteiger partial charge on any atom is -0.475 e. The molecular formula is C29H28F3N5O4. The van der Waals surface area contributed by atoms with Crippen molar-refractivity contribution in [3.63, 3.8) is 0 Å². The predicted molar refractivity (Wildman–Crippen MR) is 148 cm³/mol. The Balaban J connectivity index is 0.000000745. The zero-order chi connectivity index (χ0) is 30.6. The molecule has 0 aliphatic carbocycles. The van der Waals surface area contributed by atoms with Crippen molar-refractivity contribution in [2.24, 2.45) is 10.9 Å². The zero-order valence-electron chi connectivity index (χ0n) is 22.2. The number of hydrogen-bond donors (Lipinski definition) is 3. The number of nitrogens with one attached hydrogen (secondary N) is 1. The molecule has 0 fully saturated rings. The maximum absolute atomic E-state index is 13.2. The first kappa shape index (κ1) is 32.0. The number of hydrazone groups is 1. The number of rotatable bonds is 8. The number of imide groups is 1. The van der Waals surface area contributed by atoms with Crippen molar-refractivity contribution in [2.75, 3.05) is 12.4 Å². The van der Waals surface area contributed by atoms with Crippen LogP contribution in [0.4, 0.5) is 18.9 Å². The molecule has 1 atom stereocenters. The molecule has 9 nitrogen and oxygen atoms in total. The number of nitriles is 1. The quantitative estimate of drug-likeness (QED) is 0.205. The number of aliphatic carboxylic acids is 1. The SMILES string of the molecule is CCC(=O)N(C)C(=O)[C@H](Cc1cccc(C=NN)c1)Nc1ccc(-c2ccccc2C#N)cc1.O=C(O)C(F)(F)F. The number of carboxylic acid groups (broad SMARTS) is 1. The fourth-order valence-electron chi connectivity index (χ4n) is 3.70. The number of carbonyl (C=O) groups excluding carboxylic acids is 2. The Kier molecular flexibility index (Phi) is 11.6. The summed E-state index contributed by atoms with van der Waals surface area (Å²) in [6.07, 6.45) is -2.94. The molecule has 0 aliphatic heterocycles. The monoisotopic (exact) mass is 567 g/mol. The topological polar surface area (TPSA) is 149 Å². The summed E-state index contributed by atoms with van der Waals surface area (Å²) in [5.74, 6) is 1.94. The van der Waals surface area contributed by atoms with Gasteiger partial charge < -0.3 is 16.3 Å². The van der Waals surface area contributed by atoms with E-state index in [2.05, 4.69) is 16.5 Å². The summed E-state index contributed by atoms with van der Waals surface area (Å²) in [6.45, 7) is 1.72. The van der Waals surface area contributed by atoms with Gasteiger partial charge in [0.1, 0.15) is 6.04 Å². The fourth-order valence-corrected chi connectivity index (χ4v) is 3.70. The third kappa shape index (κ3) is 9.50. The highest BCUT2D eigenvalue weighted by atomic mass is 19.4. The van der Waals surface area contributed by atoms with E-state index in [-0.39, 0.29) is 18.2 Å². The van der Waals surface area contributed by atoms with Crippen molar-refractivity contribution in [1.29, 1.82) is 5.26 Å². The number of alkyl halides is 3. The van der Waals surface area contributed by atoms with Crippen LogP contribution in [-0.4, -0.2) is 53.3 Å². The van der Waals surface area contributed by atoms with E-state index in [4.69, 9.17) is 15.7 Å². The lowest BCUT2D eigenvalue weighted by Crippen LogP contribution is -2.44. The molecular weight excluding hydrogens is 539 g/mol. The Morgan fingerprint density at radius 1 is 1.10 bits per heavy atom. The molecule has 2 amide bonds. The smallest absolute Gasteiger partial charge is 0.475 e. The standard InChI is InChI=1S/C27H27N5O2.C2HF3O2/c1-3-26(33)32(2)27(34)25(16-19-7-6-8-20(15-19)18-30-29)31-23-13-11-21(12-14-23)24-10-5-4-9-22(24)17-28;3-2(4,5)1(6)7/h4-15,18,25,31H,3,16,29H2,1-2H3;(H,6,7)/t25-;/m0./s1. The van der Waals surface area contributed by atoms with Crippen LogP contribution in [0.5, 0.6) is 0 Å². The van der Waals surface area contributed by atoms with Crippen molar-refractivity contribution in [3.8, 4) is 17.2 Å². The van der Waals surface area contributed by atoms with E-state index in [9.17, 15) is 28.0 Å². The molecule has 0 radical (unpaired) electrons. The van der Waals surface area contributed by atoms with Crippen molar-refractivity contribution < 1.29 is 32.7 Å². The predicted octanol–water partition coefficient (Wildman–Crippen LogP) is 4.57. The Labute approximate surface area is 234 Å². The second-order valence-electron chi connectivity index (χ2n) is 8.61. The van der Waals surface area contributed by atoms with E-state index in [1.54, 1.807) is 13.0 Å². The number of nitrogens with two attached hydrogens (primary N) is 1. The number of anilines is 1. The van der Waals surface area contributed by atoms with Crippen molar-refractivity contribution >= 4 is 29.7 Å². The molecule has 4 N–H and O–H groups in total. The number of carbonyl (C=O) groups is 3. The van der Waals surface area contributed by atoms with Crippen LogP contribution in [0, 0.1) is 11.3 Å². The van der Waals surface area contributed by atoms with Gasteiger partial charge in [0, 0.05) is 25.6 Å². The molecule has 0 spiro atoms. The maximum atomic E-state index is 13.2. The first-order valence-electron chi connectivity index (χ1n) is 12.2. The van der Waals surface area contributed by atoms with Gasteiger partial charge in [-0.25, -0.2) is 4.79 Å². The second kappa shape index (κ2) is 14.8. The van der Waals surface area contributed by atoms with Crippen LogP contribution in [0.3, 0.4) is 0 Å². The number of hydrogen-bond acceptors (Lipinski definition) is 7. The van der Waals surface area contributed by atoms with Crippen LogP contribution in [0.25, 0.3) is 11.1 Å². The molecule has 41 heavy (non-hydrogen) atoms. The van der Waals surface area contributed by atoms with Gasteiger partial charge in [-0.05, 0) is 40.5 Å². The molecule has 12 heteroatoms. The van der Waals surface area contributed by atoms with Gasteiger partial charge in [0.15, 0.2) is 0 Å². The van der Waals surface area contributed by atoms with Gasteiger partial charge in [-0.3, -0.25) is 14.5 Å². The van der Waals surface area contributed by atoms with Gasteiger partial charge in [-0.2, -0.15) is 23.5 Å². The van der Waals surface area contributed by atoms with Crippen LogP contribution in [0.1, 0.15) is 30.0 Å². The molecule has 3 aromatic carbocycles. The molecule has 214 valence electrons. The van der Waals surface area contributed by atoms with E-state index in [0.29, 0.717) is 12.0 Å². The van der Waals surface area contributed by atoms with Gasteiger partial charge >= 0.3 is 12.1 Å². The Bertz CT molecular complexity index is 1430. The summed E-state index contributed by atoms with van der Waals surface area (Å²) in [6, 6.07) is 24.0. The average Bonchev–Trinajstić information content (AvgIpc) is 2.96. The van der Waals surface area contributed by atoms with Crippen LogP contribution in [0.15, 0.2) is 77.9 Å². The van der Waals surface area contributed by atoms with Crippen molar-refractivity contribution in [2.45, 2.75) is 32.0 Å². The molecule has 0 aliphatic rings. The first-order valence-corrected chi connectivity index (χ1v) is 12.2. The third-order valence-corrected chi connectivity index (χ3v) is 5.75. The number of nitrogens with zero attached hydrogens (tertiary/aromatic N) is 3. The van der Waals surface area contributed by atoms with E-state index in [0.717, 1.165) is 27.9 Å². The van der Waals surface area contributed by atoms with Gasteiger partial charge in [0.2, 0.25) is 5.91 Å². The van der Waals surface area contributed by atoms with E-state index < -0.39 is 18.2 Å². The zero-order valence-corrected chi connectivity index (χ0v) is 22.2. The molecule has 3 rings (SSSR count). The number of carboxylic acids is 1. The molecule has 0 saturated carbocycles. The largest absolute Gasteiger partial charge is 0.490 e. The molecule has 0 saturated heterocycles. The fraction of sp³-hybridized carbons (Fsp3) is 0.207. The third-order valence-electron chi connectivity index (χ3n) is 5.75. The van der Waals surface area contributed by atoms with E-state index in [1.165, 1.54) is 18.2 Å². The highest BCUT2D eigenvalue weighted by Gasteiger charge is 2.38. The van der Waals surface area contributed by atoms with Gasteiger partial charge in [0.25, 0.3) is 5.91 Å². The molecule has 0 heterocycles. The van der Waals surface area contributed by atoms with Gasteiger partial charge in [-0.1, -0.05) is 61.5 Å². The number of likely N-dealkylation sites (N-methyl/N-ethyl adjacent to an activating group) is 1. The lowest BCUT2D eigenvalue weighted by molar-refractivity contribution is -0.192. The van der Waals surface area contributed by atoms with E-state index >= 15 is 0 Å². The number of halogens is 3. The van der Waals surface area contributed by atoms with Gasteiger partial charge in [0.05, 0.1) is 17.8 Å². The van der Waals surface area contributed by atoms with Gasteiger partial charge in [-0.15, -0.1) is 0 Å². The second-order valence-corrected chi connectivity index (χ2v) is 8.61. The van der Waals surface area contributed by atoms with Crippen LogP contribution in [0.2, 0.25) is 0 Å². The lowest BCUT2D eigenvalue weighted by Gasteiger charge is -2.24. The molecule has 3 aromatic rings. The summed E-state index contributed by atoms with van der Waals surface area (Å²) in [5.41, 5.74) is 4.80. The normalized spacial score (nSPS) is 11.5. The Morgan fingerprint density at radius 2 is 1.73 bits per heavy atom. The summed E-state index contributed by atoms with van der Waals surface area (Å²) >= 11 is 0. The van der Waals surface area contributed by atoms with Crippen molar-refractivity contribution in [1.82, 2.24) is 4.90 Å². The minimum absolute atomic E-state index is 0.240. The Morgan fingerprint density at radius 3 is 2.29 bits per heavy atom. The maximum Gasteiger partial charge on any atom is 0.490 e. The molecule has 0 bridgehead atoms. The summed E-state index contributed by atoms with van der Waals surface area (Å²) in [4.78, 5) is 35.4. The minimum atomic E-state index is -5.08. The summed E-state index contributed by atoms with van der Waals surface area (Å²) in [5, 5.41) is 23.3.